The Morgan fingerprint density at radius 2 is 0.906 bits per heavy atom. The normalized spacial score (nSPS) is 16.0. The molecule has 0 saturated carbocycles. The number of hydrogen-bond donors (Lipinski definition) is 6. The number of carboxylic acids is 1. The zero-order valence-corrected chi connectivity index (χ0v) is 19.9. The molecule has 0 bridgehead atoms. The van der Waals surface area contributed by atoms with Gasteiger partial charge in [0.2, 0.25) is 23.6 Å². The Bertz CT molecular complexity index is 755. The van der Waals surface area contributed by atoms with Gasteiger partial charge in [-0.2, -0.15) is 0 Å². The molecule has 0 radical (unpaired) electrons. The highest BCUT2D eigenvalue weighted by Gasteiger charge is 2.29. The summed E-state index contributed by atoms with van der Waals surface area (Å²) < 4.78 is 21.4. The van der Waals surface area contributed by atoms with Crippen LogP contribution >= 0.6 is 7.75 Å². The van der Waals surface area contributed by atoms with E-state index in [1.54, 1.807) is 0 Å². The quantitative estimate of drug-likeness (QED) is 0.168. The predicted molar refractivity (Wildman–Crippen MR) is 112 cm³/mol. The van der Waals surface area contributed by atoms with Crippen molar-refractivity contribution in [3.8, 4) is 0 Å². The average molecular weight is 481 g/mol. The highest BCUT2D eigenvalue weighted by molar-refractivity contribution is 7.51. The lowest BCUT2D eigenvalue weighted by molar-refractivity contribution is -0.141. The SMILES string of the molecule is COP(=O)(N[C@@H](C)C(=O)N[C@@H](C)C(=O)N[C@@H](C)C(=O)N[C@@H](C)C(=O)N[C@@H](C)C(=O)O)OC. The summed E-state index contributed by atoms with van der Waals surface area (Å²) in [4.78, 5) is 59.4. The number of carboxylic acid groups (broad SMARTS) is 1. The van der Waals surface area contributed by atoms with Gasteiger partial charge >= 0.3 is 13.7 Å². The van der Waals surface area contributed by atoms with Crippen LogP contribution in [0.2, 0.25) is 0 Å². The summed E-state index contributed by atoms with van der Waals surface area (Å²) in [6, 6.07) is -5.33. The highest BCUT2D eigenvalue weighted by atomic mass is 31.2. The fourth-order valence-corrected chi connectivity index (χ4v) is 3.04. The van der Waals surface area contributed by atoms with Gasteiger partial charge in [-0.3, -0.25) is 24.0 Å². The van der Waals surface area contributed by atoms with Crippen molar-refractivity contribution in [3.63, 3.8) is 0 Å². The van der Waals surface area contributed by atoms with Crippen molar-refractivity contribution < 1.29 is 42.7 Å². The first kappa shape index (κ1) is 29.5. The largest absolute Gasteiger partial charge is 0.480 e. The summed E-state index contributed by atoms with van der Waals surface area (Å²) in [5, 5.41) is 20.5. The molecule has 14 nitrogen and oxygen atoms in total. The summed E-state index contributed by atoms with van der Waals surface area (Å²) >= 11 is 0. The molecule has 0 unspecified atom stereocenters. The van der Waals surface area contributed by atoms with E-state index in [9.17, 15) is 28.5 Å². The Morgan fingerprint density at radius 1 is 0.625 bits per heavy atom. The lowest BCUT2D eigenvalue weighted by Crippen LogP contribution is -2.56. The second kappa shape index (κ2) is 13.1. The molecule has 0 saturated heterocycles. The van der Waals surface area contributed by atoms with Crippen molar-refractivity contribution >= 4 is 37.3 Å². The van der Waals surface area contributed by atoms with Crippen LogP contribution in [0.4, 0.5) is 0 Å². The Morgan fingerprint density at radius 3 is 1.19 bits per heavy atom. The number of rotatable bonds is 13. The second-order valence-corrected chi connectivity index (χ2v) is 8.96. The van der Waals surface area contributed by atoms with Gasteiger partial charge in [-0.15, -0.1) is 0 Å². The molecule has 0 aliphatic rings. The van der Waals surface area contributed by atoms with E-state index in [-0.39, 0.29) is 0 Å². The molecule has 184 valence electrons. The molecule has 5 atom stereocenters. The molecule has 0 aromatic heterocycles. The lowest BCUT2D eigenvalue weighted by Gasteiger charge is -2.23. The summed E-state index contributed by atoms with van der Waals surface area (Å²) in [7, 11) is -1.38. The van der Waals surface area contributed by atoms with Gasteiger partial charge in [0.05, 0.1) is 6.04 Å². The zero-order chi connectivity index (χ0) is 25.2. The maximum absolute atomic E-state index is 12.3. The smallest absolute Gasteiger partial charge is 0.405 e. The fraction of sp³-hybridized carbons (Fsp3) is 0.706. The molecule has 0 aliphatic carbocycles. The topological polar surface area (TPSA) is 201 Å². The third kappa shape index (κ3) is 9.73. The first-order chi connectivity index (χ1) is 14.7. The summed E-state index contributed by atoms with van der Waals surface area (Å²) in [5.41, 5.74) is 0. The zero-order valence-electron chi connectivity index (χ0n) is 19.0. The molecule has 32 heavy (non-hydrogen) atoms. The molecule has 0 fully saturated rings. The van der Waals surface area contributed by atoms with Crippen LogP contribution in [0, 0.1) is 0 Å². The van der Waals surface area contributed by atoms with E-state index in [2.05, 4.69) is 35.4 Å². The van der Waals surface area contributed by atoms with E-state index < -0.39 is 67.6 Å². The van der Waals surface area contributed by atoms with Gasteiger partial charge in [0.15, 0.2) is 0 Å². The van der Waals surface area contributed by atoms with Crippen LogP contribution in [0.5, 0.6) is 0 Å². The van der Waals surface area contributed by atoms with Crippen LogP contribution in [0.15, 0.2) is 0 Å². The van der Waals surface area contributed by atoms with Gasteiger partial charge in [-0.25, -0.2) is 9.65 Å². The van der Waals surface area contributed by atoms with Crippen molar-refractivity contribution in [2.24, 2.45) is 0 Å². The molecule has 15 heteroatoms. The Balaban J connectivity index is 4.71. The van der Waals surface area contributed by atoms with E-state index in [4.69, 9.17) is 5.11 Å². The maximum Gasteiger partial charge on any atom is 0.405 e. The Hall–Kier alpha value is -2.54. The van der Waals surface area contributed by atoms with Gasteiger partial charge in [-0.1, -0.05) is 0 Å². The van der Waals surface area contributed by atoms with Gasteiger partial charge in [-0.05, 0) is 34.6 Å². The first-order valence-electron chi connectivity index (χ1n) is 9.61. The summed E-state index contributed by atoms with van der Waals surface area (Å²) in [6.45, 7) is 6.75. The molecule has 6 N–H and O–H groups in total. The van der Waals surface area contributed by atoms with E-state index in [0.717, 1.165) is 14.2 Å². The van der Waals surface area contributed by atoms with Gasteiger partial charge < -0.3 is 35.4 Å². The third-order valence-electron chi connectivity index (χ3n) is 4.21. The minimum Gasteiger partial charge on any atom is -0.480 e. The van der Waals surface area contributed by atoms with E-state index in [1.807, 2.05) is 0 Å². The Kier molecular flexibility index (Phi) is 12.1. The molecular formula is C17H32N5O9P. The fourth-order valence-electron chi connectivity index (χ4n) is 2.09. The minimum absolute atomic E-state index is 0.670. The highest BCUT2D eigenvalue weighted by Crippen LogP contribution is 2.41. The molecule has 0 spiro atoms. The van der Waals surface area contributed by atoms with Crippen LogP contribution in [-0.2, 0) is 37.6 Å². The van der Waals surface area contributed by atoms with E-state index in [0.29, 0.717) is 0 Å². The Labute approximate surface area is 186 Å². The third-order valence-corrected chi connectivity index (χ3v) is 5.88. The van der Waals surface area contributed by atoms with Crippen molar-refractivity contribution in [1.29, 1.82) is 0 Å². The van der Waals surface area contributed by atoms with E-state index in [1.165, 1.54) is 34.6 Å². The van der Waals surface area contributed by atoms with Crippen LogP contribution in [-0.4, -0.2) is 79.1 Å². The number of nitrogens with one attached hydrogen (secondary N) is 5. The van der Waals surface area contributed by atoms with Crippen molar-refractivity contribution in [2.75, 3.05) is 14.2 Å². The first-order valence-corrected chi connectivity index (χ1v) is 11.1. The molecular weight excluding hydrogens is 449 g/mol. The van der Waals surface area contributed by atoms with Gasteiger partial charge in [0.1, 0.15) is 24.2 Å². The van der Waals surface area contributed by atoms with Crippen molar-refractivity contribution in [1.82, 2.24) is 26.4 Å². The van der Waals surface area contributed by atoms with Crippen molar-refractivity contribution in [3.05, 3.63) is 0 Å². The summed E-state index contributed by atoms with van der Waals surface area (Å²) in [5.74, 6) is -3.99. The van der Waals surface area contributed by atoms with Gasteiger partial charge in [0.25, 0.3) is 0 Å². The monoisotopic (exact) mass is 481 g/mol. The van der Waals surface area contributed by atoms with Crippen LogP contribution in [0.25, 0.3) is 0 Å². The van der Waals surface area contributed by atoms with Crippen LogP contribution < -0.4 is 26.4 Å². The number of amides is 4. The van der Waals surface area contributed by atoms with Crippen LogP contribution in [0.3, 0.4) is 0 Å². The lowest BCUT2D eigenvalue weighted by atomic mass is 10.2. The molecule has 4 amide bonds. The van der Waals surface area contributed by atoms with Crippen molar-refractivity contribution in [2.45, 2.75) is 64.8 Å². The standard InChI is InChI=1S/C17H32N5O9P/c1-8(13(23)19-10(3)15(25)21-12(5)17(27)28)18-14(24)9(2)20-16(26)11(4)22-32(29,30-6)31-7/h8-12H,1-7H3,(H,18,24)(H,19,23)(H,20,26)(H,21,25)(H,22,29)(H,27,28)/t8-,9-,10-,11-,12-/m0/s1. The minimum atomic E-state index is -3.66. The number of carbonyl (C=O) groups excluding carboxylic acids is 4. The average Bonchev–Trinajstić information content (AvgIpc) is 2.72. The predicted octanol–water partition coefficient (Wildman–Crippen LogP) is -1.53. The molecule has 0 aromatic rings. The maximum atomic E-state index is 12.3. The molecule has 0 aromatic carbocycles. The molecule has 0 aliphatic heterocycles. The number of carbonyl (C=O) groups is 5. The van der Waals surface area contributed by atoms with Crippen LogP contribution in [0.1, 0.15) is 34.6 Å². The van der Waals surface area contributed by atoms with E-state index >= 15 is 0 Å². The van der Waals surface area contributed by atoms with Gasteiger partial charge in [0, 0.05) is 14.2 Å². The summed E-state index contributed by atoms with van der Waals surface area (Å²) in [6.07, 6.45) is 0. The molecule has 0 rings (SSSR count). The number of aliphatic carboxylic acids is 1. The second-order valence-electron chi connectivity index (χ2n) is 6.97. The molecule has 0 heterocycles. The number of hydrogen-bond acceptors (Lipinski definition) is 8.